The fourth-order valence-electron chi connectivity index (χ4n) is 8.06. The number of ether oxygens (including phenoxy) is 3. The lowest BCUT2D eigenvalue weighted by Crippen LogP contribution is -2.70. The van der Waals surface area contributed by atoms with Crippen LogP contribution in [0.15, 0.2) is 53.7 Å². The number of nitrogens with zero attached hydrogens (tertiary/aromatic N) is 2. The van der Waals surface area contributed by atoms with Crippen molar-refractivity contribution in [2.24, 2.45) is 28.8 Å². The number of amides is 1. The Morgan fingerprint density at radius 2 is 1.89 bits per heavy atom. The molecule has 5 heterocycles. The molecule has 240 valence electrons. The Bertz CT molecular complexity index is 1480. The van der Waals surface area contributed by atoms with Crippen LogP contribution in [0.5, 0.6) is 0 Å². The maximum atomic E-state index is 13.5. The predicted molar refractivity (Wildman–Crippen MR) is 163 cm³/mol. The van der Waals surface area contributed by atoms with Gasteiger partial charge in [-0.15, -0.1) is 0 Å². The highest BCUT2D eigenvalue weighted by Crippen LogP contribution is 2.60. The molecule has 0 N–H and O–H groups in total. The van der Waals surface area contributed by atoms with Crippen molar-refractivity contribution in [3.63, 3.8) is 0 Å². The van der Waals surface area contributed by atoms with Crippen LogP contribution in [-0.2, 0) is 45.0 Å². The van der Waals surface area contributed by atoms with Crippen LogP contribution >= 0.6 is 0 Å². The summed E-state index contributed by atoms with van der Waals surface area (Å²) in [6.07, 6.45) is 2.78. The smallest absolute Gasteiger partial charge is 0.308 e. The van der Waals surface area contributed by atoms with Gasteiger partial charge < -0.3 is 23.9 Å². The van der Waals surface area contributed by atoms with E-state index in [9.17, 15) is 9.59 Å². The molecule has 4 saturated heterocycles. The zero-order chi connectivity index (χ0) is 31.3. The number of hydrogen-bond acceptors (Lipinski definition) is 9. The standard InChI is InChI=1S/C35H42N2O8/c1-21-12-15-28-25(19-21)30(36-40-20-24-9-6-5-7-10-24)31(39)37(28)18-8-11-29(38)41-32-23(3)27-14-13-22(2)26-16-17-34(4)43-33(42-32)35(26,27)45-44-34/h5-7,9-10,12,15,19,22-23,26-27,32-33H,8,11,13-14,16-18,20H2,1-4H3/t22-,23-,26+,27+,32?,33-,34-,35-/m1/s1. The molecule has 8 rings (SSSR count). The Kier molecular flexibility index (Phi) is 7.96. The van der Waals surface area contributed by atoms with Gasteiger partial charge in [0, 0.05) is 36.8 Å². The molecule has 0 radical (unpaired) electrons. The van der Waals surface area contributed by atoms with E-state index < -0.39 is 24.0 Å². The largest absolute Gasteiger partial charge is 0.435 e. The van der Waals surface area contributed by atoms with Crippen molar-refractivity contribution in [3.05, 3.63) is 65.2 Å². The first-order chi connectivity index (χ1) is 21.7. The molecule has 2 bridgehead atoms. The number of fused-ring (bicyclic) bond motifs is 3. The first-order valence-electron chi connectivity index (χ1n) is 16.2. The van der Waals surface area contributed by atoms with Gasteiger partial charge in [0.25, 0.3) is 5.91 Å². The number of esters is 1. The topological polar surface area (TPSA) is 105 Å². The highest BCUT2D eigenvalue weighted by Gasteiger charge is 2.69. The van der Waals surface area contributed by atoms with E-state index in [1.54, 1.807) is 4.90 Å². The Morgan fingerprint density at radius 1 is 1.07 bits per heavy atom. The van der Waals surface area contributed by atoms with Crippen LogP contribution in [0.4, 0.5) is 5.69 Å². The van der Waals surface area contributed by atoms with Crippen LogP contribution in [0.25, 0.3) is 0 Å². The molecule has 0 aromatic heterocycles. The second kappa shape index (κ2) is 11.8. The van der Waals surface area contributed by atoms with Crippen LogP contribution in [-0.4, -0.2) is 48.1 Å². The highest BCUT2D eigenvalue weighted by atomic mass is 17.3. The van der Waals surface area contributed by atoms with Crippen molar-refractivity contribution >= 4 is 23.3 Å². The molecule has 10 nitrogen and oxygen atoms in total. The Labute approximate surface area is 263 Å². The molecule has 5 aliphatic heterocycles. The maximum absolute atomic E-state index is 13.5. The number of anilines is 1. The third kappa shape index (κ3) is 5.35. The fourth-order valence-corrected chi connectivity index (χ4v) is 8.06. The average Bonchev–Trinajstić information content (AvgIpc) is 3.11. The van der Waals surface area contributed by atoms with E-state index in [4.69, 9.17) is 28.8 Å². The van der Waals surface area contributed by atoms with Crippen LogP contribution < -0.4 is 4.90 Å². The zero-order valence-electron chi connectivity index (χ0n) is 26.4. The van der Waals surface area contributed by atoms with Crippen molar-refractivity contribution in [1.29, 1.82) is 0 Å². The van der Waals surface area contributed by atoms with Gasteiger partial charge in [0.1, 0.15) is 6.61 Å². The van der Waals surface area contributed by atoms with E-state index in [0.717, 1.165) is 48.1 Å². The minimum atomic E-state index is -0.890. The van der Waals surface area contributed by atoms with E-state index in [-0.39, 0.29) is 48.4 Å². The summed E-state index contributed by atoms with van der Waals surface area (Å²) in [6.45, 7) is 8.78. The second-order valence-electron chi connectivity index (χ2n) is 13.5. The number of oxime groups is 1. The molecule has 8 atom stereocenters. The number of benzene rings is 2. The molecule has 45 heavy (non-hydrogen) atoms. The van der Waals surface area contributed by atoms with Crippen molar-refractivity contribution in [1.82, 2.24) is 0 Å². The van der Waals surface area contributed by atoms with E-state index in [0.29, 0.717) is 18.9 Å². The van der Waals surface area contributed by atoms with E-state index in [1.165, 1.54) is 0 Å². The molecule has 5 fully saturated rings. The minimum Gasteiger partial charge on any atom is -0.435 e. The lowest BCUT2D eigenvalue weighted by molar-refractivity contribution is -0.576. The zero-order valence-corrected chi connectivity index (χ0v) is 26.4. The van der Waals surface area contributed by atoms with Gasteiger partial charge in [0.2, 0.25) is 12.1 Å². The average molecular weight is 619 g/mol. The van der Waals surface area contributed by atoms with Gasteiger partial charge in [0.15, 0.2) is 17.6 Å². The van der Waals surface area contributed by atoms with Gasteiger partial charge in [-0.3, -0.25) is 9.59 Å². The first kappa shape index (κ1) is 30.3. The van der Waals surface area contributed by atoms with Gasteiger partial charge in [-0.25, -0.2) is 9.78 Å². The highest BCUT2D eigenvalue weighted by molar-refractivity contribution is 6.54. The first-order valence-corrected chi connectivity index (χ1v) is 16.2. The van der Waals surface area contributed by atoms with Crippen molar-refractivity contribution in [3.8, 4) is 0 Å². The Hall–Kier alpha value is -3.31. The van der Waals surface area contributed by atoms with Crippen LogP contribution in [0, 0.1) is 30.6 Å². The molecule has 2 aromatic rings. The van der Waals surface area contributed by atoms with Crippen molar-refractivity contribution in [2.45, 2.75) is 96.8 Å². The molecular formula is C35H42N2O8. The quantitative estimate of drug-likeness (QED) is 0.208. The van der Waals surface area contributed by atoms with Crippen LogP contribution in [0.1, 0.15) is 76.0 Å². The molecule has 1 amide bonds. The SMILES string of the molecule is Cc1ccc2c(c1)C(=NOCc1ccccc1)C(=O)N2CCCC(=O)OC1O[C@@H]2O[C@@]3(C)CC[C@H]4[C@H](C)CC[C@@H]([C@H]1C)[C@@]24OO3. The number of hydrogen-bond donors (Lipinski definition) is 0. The lowest BCUT2D eigenvalue weighted by atomic mass is 9.58. The third-order valence-corrected chi connectivity index (χ3v) is 10.5. The number of carbonyl (C=O) groups excluding carboxylic acids is 2. The predicted octanol–water partition coefficient (Wildman–Crippen LogP) is 5.79. The van der Waals surface area contributed by atoms with Gasteiger partial charge in [-0.05, 0) is 69.1 Å². The maximum Gasteiger partial charge on any atom is 0.308 e. The summed E-state index contributed by atoms with van der Waals surface area (Å²) in [5, 5.41) is 4.24. The second-order valence-corrected chi connectivity index (χ2v) is 13.5. The molecule has 2 aromatic carbocycles. The van der Waals surface area contributed by atoms with Crippen LogP contribution in [0.3, 0.4) is 0 Å². The van der Waals surface area contributed by atoms with E-state index in [1.807, 2.05) is 62.4 Å². The van der Waals surface area contributed by atoms with Gasteiger partial charge in [0.05, 0.1) is 5.69 Å². The number of carbonyl (C=O) groups is 2. The molecule has 1 spiro atoms. The minimum absolute atomic E-state index is 0.0712. The fraction of sp³-hybridized carbons (Fsp3) is 0.571. The molecule has 1 saturated carbocycles. The molecule has 1 aliphatic carbocycles. The number of rotatable bonds is 8. The van der Waals surface area contributed by atoms with Gasteiger partial charge in [-0.2, -0.15) is 0 Å². The Balaban J connectivity index is 0.991. The summed E-state index contributed by atoms with van der Waals surface area (Å²) < 4.78 is 18.7. The normalized spacial score (nSPS) is 36.0. The number of aryl methyl sites for hydroxylation is 1. The molecule has 6 aliphatic rings. The third-order valence-electron chi connectivity index (χ3n) is 10.5. The van der Waals surface area contributed by atoms with E-state index in [2.05, 4.69) is 19.0 Å². The van der Waals surface area contributed by atoms with Gasteiger partial charge >= 0.3 is 5.97 Å². The summed E-state index contributed by atoms with van der Waals surface area (Å²) in [7, 11) is 0. The van der Waals surface area contributed by atoms with Crippen molar-refractivity contribution in [2.75, 3.05) is 11.4 Å². The summed E-state index contributed by atoms with van der Waals surface area (Å²) in [4.78, 5) is 46.0. The molecule has 1 unspecified atom stereocenters. The molecular weight excluding hydrogens is 576 g/mol. The summed E-state index contributed by atoms with van der Waals surface area (Å²) in [5.74, 6) is -0.841. The summed E-state index contributed by atoms with van der Waals surface area (Å²) in [5.41, 5.74) is 3.02. The van der Waals surface area contributed by atoms with Crippen LogP contribution in [0.2, 0.25) is 0 Å². The lowest BCUT2D eigenvalue weighted by Gasteiger charge is -2.59. The van der Waals surface area contributed by atoms with Gasteiger partial charge in [-0.1, -0.05) is 61.0 Å². The van der Waals surface area contributed by atoms with E-state index >= 15 is 0 Å². The molecule has 10 heteroatoms. The van der Waals surface area contributed by atoms with Crippen molar-refractivity contribution < 1.29 is 38.4 Å². The summed E-state index contributed by atoms with van der Waals surface area (Å²) >= 11 is 0. The summed E-state index contributed by atoms with van der Waals surface area (Å²) in [6, 6.07) is 15.5. The Morgan fingerprint density at radius 3 is 2.71 bits per heavy atom. The monoisotopic (exact) mass is 618 g/mol.